The summed E-state index contributed by atoms with van der Waals surface area (Å²) >= 11 is 6.18. The van der Waals surface area contributed by atoms with Crippen LogP contribution >= 0.6 is 11.6 Å². The van der Waals surface area contributed by atoms with Crippen molar-refractivity contribution in [2.24, 2.45) is 0 Å². The lowest BCUT2D eigenvalue weighted by Gasteiger charge is -2.18. The fourth-order valence-electron chi connectivity index (χ4n) is 2.06. The summed E-state index contributed by atoms with van der Waals surface area (Å²) in [4.78, 5) is 4.10. The quantitative estimate of drug-likeness (QED) is 0.765. The van der Waals surface area contributed by atoms with E-state index in [1.54, 1.807) is 24.7 Å². The van der Waals surface area contributed by atoms with Gasteiger partial charge >= 0.3 is 0 Å². The Labute approximate surface area is 122 Å². The number of hydrogen-bond acceptors (Lipinski definition) is 3. The minimum absolute atomic E-state index is 0.104. The van der Waals surface area contributed by atoms with Gasteiger partial charge in [0.25, 0.3) is 0 Å². The second kappa shape index (κ2) is 5.80. The third-order valence-corrected chi connectivity index (χ3v) is 3.36. The van der Waals surface area contributed by atoms with Gasteiger partial charge in [-0.15, -0.1) is 0 Å². The van der Waals surface area contributed by atoms with Crippen LogP contribution in [0.2, 0.25) is 5.02 Å². The van der Waals surface area contributed by atoms with E-state index in [0.29, 0.717) is 5.02 Å². The topological polar surface area (TPSA) is 38.1 Å². The number of anilines is 1. The molecule has 1 N–H and O–H groups in total. The number of hydrogen-bond donors (Lipinski definition) is 1. The molecule has 0 saturated heterocycles. The first-order valence-corrected chi connectivity index (χ1v) is 6.67. The minimum Gasteiger partial charge on any atom is -0.467 e. The van der Waals surface area contributed by atoms with E-state index in [4.69, 9.17) is 16.0 Å². The average Bonchev–Trinajstić information content (AvgIpc) is 3.01. The summed E-state index contributed by atoms with van der Waals surface area (Å²) in [7, 11) is 0. The molecule has 4 heteroatoms. The molecule has 3 aromatic rings. The van der Waals surface area contributed by atoms with Gasteiger partial charge in [0.05, 0.1) is 23.2 Å². The lowest BCUT2D eigenvalue weighted by Crippen LogP contribution is -2.12. The van der Waals surface area contributed by atoms with E-state index in [9.17, 15) is 0 Å². The van der Waals surface area contributed by atoms with Gasteiger partial charge in [-0.05, 0) is 23.8 Å². The third kappa shape index (κ3) is 2.68. The highest BCUT2D eigenvalue weighted by atomic mass is 35.5. The zero-order valence-corrected chi connectivity index (χ0v) is 11.4. The van der Waals surface area contributed by atoms with Crippen LogP contribution in [0.4, 0.5) is 5.69 Å². The first-order valence-electron chi connectivity index (χ1n) is 6.29. The van der Waals surface area contributed by atoms with Crippen molar-refractivity contribution in [2.45, 2.75) is 6.04 Å². The predicted molar refractivity (Wildman–Crippen MR) is 79.9 cm³/mol. The molecule has 20 heavy (non-hydrogen) atoms. The van der Waals surface area contributed by atoms with Crippen LogP contribution in [0.15, 0.2) is 71.6 Å². The SMILES string of the molecule is Clc1ccncc1NC(c1ccccc1)c1ccco1. The Kier molecular flexibility index (Phi) is 3.70. The fraction of sp³-hybridized carbons (Fsp3) is 0.0625. The monoisotopic (exact) mass is 284 g/mol. The largest absolute Gasteiger partial charge is 0.467 e. The standard InChI is InChI=1S/C16H13ClN2O/c17-13-8-9-18-11-14(13)19-16(15-7-4-10-20-15)12-5-2-1-3-6-12/h1-11,16,19H. The Balaban J connectivity index is 1.97. The van der Waals surface area contributed by atoms with Crippen LogP contribution in [-0.4, -0.2) is 4.98 Å². The zero-order chi connectivity index (χ0) is 13.8. The summed E-state index contributed by atoms with van der Waals surface area (Å²) in [6.07, 6.45) is 5.04. The number of halogens is 1. The van der Waals surface area contributed by atoms with Gasteiger partial charge in [-0.2, -0.15) is 0 Å². The zero-order valence-electron chi connectivity index (χ0n) is 10.7. The van der Waals surface area contributed by atoms with Crippen molar-refractivity contribution in [1.29, 1.82) is 0 Å². The van der Waals surface area contributed by atoms with Gasteiger partial charge in [-0.1, -0.05) is 41.9 Å². The van der Waals surface area contributed by atoms with Crippen molar-refractivity contribution in [2.75, 3.05) is 5.32 Å². The van der Waals surface area contributed by atoms with E-state index in [1.807, 2.05) is 42.5 Å². The van der Waals surface area contributed by atoms with Crippen LogP contribution in [0.1, 0.15) is 17.4 Å². The molecule has 100 valence electrons. The summed E-state index contributed by atoms with van der Waals surface area (Å²) in [6, 6.07) is 15.5. The van der Waals surface area contributed by atoms with Crippen LogP contribution in [0.3, 0.4) is 0 Å². The van der Waals surface area contributed by atoms with E-state index < -0.39 is 0 Å². The van der Waals surface area contributed by atoms with Crippen molar-refractivity contribution in [1.82, 2.24) is 4.98 Å². The van der Waals surface area contributed by atoms with Gasteiger partial charge in [-0.25, -0.2) is 0 Å². The van der Waals surface area contributed by atoms with Crippen molar-refractivity contribution < 1.29 is 4.42 Å². The first kappa shape index (κ1) is 12.8. The molecule has 0 aliphatic heterocycles. The molecule has 0 aliphatic carbocycles. The maximum absolute atomic E-state index is 6.18. The van der Waals surface area contributed by atoms with Gasteiger partial charge in [0.15, 0.2) is 0 Å². The minimum atomic E-state index is -0.104. The Morgan fingerprint density at radius 2 is 1.90 bits per heavy atom. The van der Waals surface area contributed by atoms with Crippen molar-refractivity contribution in [3.05, 3.63) is 83.5 Å². The molecule has 0 spiro atoms. The van der Waals surface area contributed by atoms with Gasteiger partial charge in [-0.3, -0.25) is 4.98 Å². The summed E-state index contributed by atoms with van der Waals surface area (Å²) in [5.41, 5.74) is 1.88. The summed E-state index contributed by atoms with van der Waals surface area (Å²) < 4.78 is 5.54. The maximum atomic E-state index is 6.18. The molecule has 0 amide bonds. The Hall–Kier alpha value is -2.26. The molecular formula is C16H13ClN2O. The fourth-order valence-corrected chi connectivity index (χ4v) is 2.22. The van der Waals surface area contributed by atoms with Gasteiger partial charge < -0.3 is 9.73 Å². The molecule has 0 fully saturated rings. The second-order valence-electron chi connectivity index (χ2n) is 4.36. The molecule has 1 aromatic carbocycles. The second-order valence-corrected chi connectivity index (χ2v) is 4.77. The van der Waals surface area contributed by atoms with Crippen molar-refractivity contribution in [3.8, 4) is 0 Å². The number of benzene rings is 1. The van der Waals surface area contributed by atoms with E-state index >= 15 is 0 Å². The summed E-state index contributed by atoms with van der Waals surface area (Å²) in [6.45, 7) is 0. The molecule has 3 rings (SSSR count). The number of pyridine rings is 1. The number of nitrogens with zero attached hydrogens (tertiary/aromatic N) is 1. The molecular weight excluding hydrogens is 272 g/mol. The molecule has 0 radical (unpaired) electrons. The highest BCUT2D eigenvalue weighted by molar-refractivity contribution is 6.33. The van der Waals surface area contributed by atoms with E-state index in [2.05, 4.69) is 10.3 Å². The van der Waals surface area contributed by atoms with Crippen LogP contribution in [-0.2, 0) is 0 Å². The third-order valence-electron chi connectivity index (χ3n) is 3.03. The Morgan fingerprint density at radius 1 is 1.05 bits per heavy atom. The number of rotatable bonds is 4. The lowest BCUT2D eigenvalue weighted by molar-refractivity contribution is 0.499. The molecule has 1 unspecified atom stereocenters. The van der Waals surface area contributed by atoms with Crippen molar-refractivity contribution >= 4 is 17.3 Å². The summed E-state index contributed by atoms with van der Waals surface area (Å²) in [5, 5.41) is 4.01. The highest BCUT2D eigenvalue weighted by Gasteiger charge is 2.17. The maximum Gasteiger partial charge on any atom is 0.130 e. The smallest absolute Gasteiger partial charge is 0.130 e. The molecule has 1 atom stereocenters. The van der Waals surface area contributed by atoms with Gasteiger partial charge in [0.1, 0.15) is 11.8 Å². The number of aromatic nitrogens is 1. The molecule has 0 bridgehead atoms. The highest BCUT2D eigenvalue weighted by Crippen LogP contribution is 2.29. The molecule has 3 nitrogen and oxygen atoms in total. The van der Waals surface area contributed by atoms with Crippen molar-refractivity contribution in [3.63, 3.8) is 0 Å². The molecule has 2 heterocycles. The van der Waals surface area contributed by atoms with Crippen LogP contribution in [0, 0.1) is 0 Å². The lowest BCUT2D eigenvalue weighted by atomic mass is 10.0. The van der Waals surface area contributed by atoms with E-state index in [0.717, 1.165) is 17.0 Å². The van der Waals surface area contributed by atoms with Crippen LogP contribution in [0.5, 0.6) is 0 Å². The number of furan rings is 1. The van der Waals surface area contributed by atoms with Gasteiger partial charge in [0.2, 0.25) is 0 Å². The molecule has 2 aromatic heterocycles. The Morgan fingerprint density at radius 3 is 2.60 bits per heavy atom. The normalized spacial score (nSPS) is 12.1. The average molecular weight is 285 g/mol. The summed E-state index contributed by atoms with van der Waals surface area (Å²) in [5.74, 6) is 0.830. The molecule has 0 saturated carbocycles. The predicted octanol–water partition coefficient (Wildman–Crippen LogP) is 4.53. The van der Waals surface area contributed by atoms with Gasteiger partial charge in [0, 0.05) is 6.20 Å². The molecule has 0 aliphatic rings. The van der Waals surface area contributed by atoms with Crippen LogP contribution in [0.25, 0.3) is 0 Å². The first-order chi connectivity index (χ1) is 9.84. The Bertz CT molecular complexity index is 668. The number of nitrogens with one attached hydrogen (secondary N) is 1. The van der Waals surface area contributed by atoms with E-state index in [1.165, 1.54) is 0 Å². The van der Waals surface area contributed by atoms with Crippen LogP contribution < -0.4 is 5.32 Å². The van der Waals surface area contributed by atoms with E-state index in [-0.39, 0.29) is 6.04 Å².